The maximum atomic E-state index is 12.5. The number of rotatable bonds is 6. The molecule has 5 nitrogen and oxygen atoms in total. The highest BCUT2D eigenvalue weighted by Gasteiger charge is 2.18. The maximum absolute atomic E-state index is 12.5. The molecule has 0 saturated carbocycles. The molecule has 0 atom stereocenters. The summed E-state index contributed by atoms with van der Waals surface area (Å²) in [4.78, 5) is 9.33. The molecule has 2 aromatic carbocycles. The first-order chi connectivity index (χ1) is 13.4. The molecule has 0 unspecified atom stereocenters. The average Bonchev–Trinajstić information content (AvgIpc) is 2.67. The number of aromatic nitrogens is 1. The van der Waals surface area contributed by atoms with Crippen LogP contribution in [0.25, 0.3) is 0 Å². The van der Waals surface area contributed by atoms with Crippen molar-refractivity contribution in [3.05, 3.63) is 87.0 Å². The van der Waals surface area contributed by atoms with Crippen LogP contribution < -0.4 is 0 Å². The third-order valence-electron chi connectivity index (χ3n) is 3.67. The average molecular weight is 456 g/mol. The standard InChI is InChI=1S/C19H13Cl3N2O3S/c20-15-4-6-17(7-5-15)28(25,26)19-8-1-13(10-23-19)11-24-27-12-14-2-3-16(21)9-18(14)22/h1-11H,12H2. The molecule has 0 aliphatic carbocycles. The summed E-state index contributed by atoms with van der Waals surface area (Å²) in [5.41, 5.74) is 1.32. The van der Waals surface area contributed by atoms with Gasteiger partial charge < -0.3 is 4.84 Å². The lowest BCUT2D eigenvalue weighted by Gasteiger charge is -2.04. The van der Waals surface area contributed by atoms with Crippen molar-refractivity contribution in [2.45, 2.75) is 16.5 Å². The van der Waals surface area contributed by atoms with E-state index in [1.807, 2.05) is 0 Å². The zero-order valence-corrected chi connectivity index (χ0v) is 17.3. The molecule has 0 N–H and O–H groups in total. The summed E-state index contributed by atoms with van der Waals surface area (Å²) in [7, 11) is -3.71. The highest BCUT2D eigenvalue weighted by atomic mass is 35.5. The van der Waals surface area contributed by atoms with Gasteiger partial charge in [-0.1, -0.05) is 46.0 Å². The molecule has 0 aliphatic rings. The first kappa shape index (κ1) is 20.6. The lowest BCUT2D eigenvalue weighted by Crippen LogP contribution is -2.04. The maximum Gasteiger partial charge on any atom is 0.223 e. The van der Waals surface area contributed by atoms with Gasteiger partial charge >= 0.3 is 0 Å². The summed E-state index contributed by atoms with van der Waals surface area (Å²) in [6.45, 7) is 0.170. The van der Waals surface area contributed by atoms with Crippen LogP contribution in [0.1, 0.15) is 11.1 Å². The second-order valence-corrected chi connectivity index (χ2v) is 8.81. The normalized spacial score (nSPS) is 11.7. The molecule has 0 saturated heterocycles. The first-order valence-electron chi connectivity index (χ1n) is 7.92. The topological polar surface area (TPSA) is 68.6 Å². The number of benzene rings is 2. The lowest BCUT2D eigenvalue weighted by molar-refractivity contribution is 0.132. The van der Waals surface area contributed by atoms with Gasteiger partial charge in [0.15, 0.2) is 5.03 Å². The predicted molar refractivity (Wildman–Crippen MR) is 110 cm³/mol. The molecule has 3 rings (SSSR count). The first-order valence-corrected chi connectivity index (χ1v) is 10.5. The molecule has 9 heteroatoms. The van der Waals surface area contributed by atoms with Gasteiger partial charge in [-0.3, -0.25) is 0 Å². The van der Waals surface area contributed by atoms with Crippen LogP contribution in [-0.2, 0) is 21.3 Å². The van der Waals surface area contributed by atoms with Crippen LogP contribution >= 0.6 is 34.8 Å². The highest BCUT2D eigenvalue weighted by Crippen LogP contribution is 2.22. The van der Waals surface area contributed by atoms with E-state index in [-0.39, 0.29) is 16.5 Å². The summed E-state index contributed by atoms with van der Waals surface area (Å²) < 4.78 is 25.1. The number of hydrogen-bond acceptors (Lipinski definition) is 5. The Hall–Kier alpha value is -2.12. The fraction of sp³-hybridized carbons (Fsp3) is 0.0526. The molecule has 0 aliphatic heterocycles. The van der Waals surface area contributed by atoms with Crippen molar-refractivity contribution < 1.29 is 13.3 Å². The number of nitrogens with zero attached hydrogens (tertiary/aromatic N) is 2. The lowest BCUT2D eigenvalue weighted by atomic mass is 10.2. The quantitative estimate of drug-likeness (QED) is 0.367. The van der Waals surface area contributed by atoms with Crippen LogP contribution in [0.15, 0.2) is 75.9 Å². The van der Waals surface area contributed by atoms with Gasteiger partial charge in [-0.05, 0) is 48.5 Å². The fourth-order valence-corrected chi connectivity index (χ4v) is 3.97. The van der Waals surface area contributed by atoms with Crippen molar-refractivity contribution in [3.63, 3.8) is 0 Å². The highest BCUT2D eigenvalue weighted by molar-refractivity contribution is 7.91. The second-order valence-electron chi connectivity index (χ2n) is 5.63. The molecule has 3 aromatic rings. The second kappa shape index (κ2) is 8.92. The van der Waals surface area contributed by atoms with Crippen molar-refractivity contribution >= 4 is 50.9 Å². The Kier molecular flexibility index (Phi) is 6.57. The minimum atomic E-state index is -3.71. The van der Waals surface area contributed by atoms with E-state index in [0.717, 1.165) is 5.56 Å². The molecule has 0 amide bonds. The molecule has 1 heterocycles. The Balaban J connectivity index is 1.65. The van der Waals surface area contributed by atoms with Crippen molar-refractivity contribution in [1.82, 2.24) is 4.98 Å². The molecular weight excluding hydrogens is 443 g/mol. The van der Waals surface area contributed by atoms with Gasteiger partial charge in [0, 0.05) is 32.4 Å². The Labute approximate surface area is 177 Å². The van der Waals surface area contributed by atoms with Gasteiger partial charge in [-0.25, -0.2) is 13.4 Å². The van der Waals surface area contributed by atoms with E-state index >= 15 is 0 Å². The summed E-state index contributed by atoms with van der Waals surface area (Å²) in [5, 5.41) is 5.25. The van der Waals surface area contributed by atoms with Gasteiger partial charge in [0.2, 0.25) is 9.84 Å². The molecule has 28 heavy (non-hydrogen) atoms. The van der Waals surface area contributed by atoms with E-state index < -0.39 is 9.84 Å². The molecule has 0 spiro atoms. The van der Waals surface area contributed by atoms with Gasteiger partial charge in [0.05, 0.1) is 11.1 Å². The predicted octanol–water partition coefficient (Wildman–Crippen LogP) is 5.43. The minimum absolute atomic E-state index is 0.0687. The monoisotopic (exact) mass is 454 g/mol. The Bertz CT molecular complexity index is 1100. The van der Waals surface area contributed by atoms with Crippen molar-refractivity contribution in [3.8, 4) is 0 Å². The summed E-state index contributed by atoms with van der Waals surface area (Å²) in [5.74, 6) is 0. The molecule has 144 valence electrons. The van der Waals surface area contributed by atoms with E-state index in [1.54, 1.807) is 24.3 Å². The molecule has 1 aromatic heterocycles. The number of oxime groups is 1. The summed E-state index contributed by atoms with van der Waals surface area (Å²) in [6.07, 6.45) is 2.82. The van der Waals surface area contributed by atoms with Crippen molar-refractivity contribution in [2.24, 2.45) is 5.16 Å². The Morgan fingerprint density at radius 2 is 1.68 bits per heavy atom. The van der Waals surface area contributed by atoms with Crippen molar-refractivity contribution in [1.29, 1.82) is 0 Å². The third kappa shape index (κ3) is 5.02. The SMILES string of the molecule is O=S(=O)(c1ccc(Cl)cc1)c1ccc(C=NOCc2ccc(Cl)cc2Cl)cn1. The molecule has 0 radical (unpaired) electrons. The van der Waals surface area contributed by atoms with Crippen LogP contribution in [0.5, 0.6) is 0 Å². The summed E-state index contributed by atoms with van der Waals surface area (Å²) >= 11 is 17.7. The van der Waals surface area contributed by atoms with Crippen LogP contribution in [-0.4, -0.2) is 19.6 Å². The Morgan fingerprint density at radius 1 is 0.964 bits per heavy atom. The molecule has 0 bridgehead atoms. The van der Waals surface area contributed by atoms with Crippen LogP contribution in [0, 0.1) is 0 Å². The minimum Gasteiger partial charge on any atom is -0.391 e. The van der Waals surface area contributed by atoms with Gasteiger partial charge in [-0.2, -0.15) is 0 Å². The smallest absolute Gasteiger partial charge is 0.223 e. The van der Waals surface area contributed by atoms with Crippen LogP contribution in [0.4, 0.5) is 0 Å². The number of hydrogen-bond donors (Lipinski definition) is 0. The van der Waals surface area contributed by atoms with E-state index in [2.05, 4.69) is 10.1 Å². The van der Waals surface area contributed by atoms with Gasteiger partial charge in [0.25, 0.3) is 0 Å². The zero-order chi connectivity index (χ0) is 20.1. The third-order valence-corrected chi connectivity index (χ3v) is 6.19. The van der Waals surface area contributed by atoms with Crippen molar-refractivity contribution in [2.75, 3.05) is 0 Å². The van der Waals surface area contributed by atoms with E-state index in [0.29, 0.717) is 20.6 Å². The van der Waals surface area contributed by atoms with Crippen LogP contribution in [0.3, 0.4) is 0 Å². The molecule has 0 fully saturated rings. The van der Waals surface area contributed by atoms with Gasteiger partial charge in [-0.15, -0.1) is 0 Å². The number of pyridine rings is 1. The number of halogens is 3. The fourth-order valence-electron chi connectivity index (χ4n) is 2.21. The molecular formula is C19H13Cl3N2O3S. The van der Waals surface area contributed by atoms with Crippen LogP contribution in [0.2, 0.25) is 15.1 Å². The van der Waals surface area contributed by atoms with E-state index in [4.69, 9.17) is 39.6 Å². The zero-order valence-electron chi connectivity index (χ0n) is 14.2. The van der Waals surface area contributed by atoms with E-state index in [1.165, 1.54) is 42.7 Å². The van der Waals surface area contributed by atoms with Gasteiger partial charge in [0.1, 0.15) is 6.61 Å². The van der Waals surface area contributed by atoms with E-state index in [9.17, 15) is 8.42 Å². The number of sulfone groups is 1. The summed E-state index contributed by atoms with van der Waals surface area (Å²) in [6, 6.07) is 14.0. The largest absolute Gasteiger partial charge is 0.391 e. The Morgan fingerprint density at radius 3 is 2.32 bits per heavy atom.